The Morgan fingerprint density at radius 1 is 1.25 bits per heavy atom. The third-order valence-electron chi connectivity index (χ3n) is 4.91. The largest absolute Gasteiger partial charge is 0.368 e. The lowest BCUT2D eigenvalue weighted by molar-refractivity contribution is 0.199. The lowest BCUT2D eigenvalue weighted by atomic mass is 9.74. The van der Waals surface area contributed by atoms with Crippen LogP contribution in [0.5, 0.6) is 0 Å². The predicted molar refractivity (Wildman–Crippen MR) is 80.6 cm³/mol. The first-order valence-electron chi connectivity index (χ1n) is 7.39. The summed E-state index contributed by atoms with van der Waals surface area (Å²) in [4.78, 5) is 18.2. The molecule has 1 fully saturated rings. The van der Waals surface area contributed by atoms with Crippen molar-refractivity contribution < 1.29 is 0 Å². The molecular weight excluding hydrogens is 252 g/mol. The number of piperidine rings is 1. The van der Waals surface area contributed by atoms with Crippen molar-refractivity contribution in [3.05, 3.63) is 6.33 Å². The number of aromatic nitrogens is 4. The number of nitrogens with two attached hydrogens (primary N) is 1. The first kappa shape index (κ1) is 13.1. The van der Waals surface area contributed by atoms with E-state index in [0.29, 0.717) is 17.0 Å². The van der Waals surface area contributed by atoms with Gasteiger partial charge in [-0.2, -0.15) is 9.97 Å². The highest BCUT2D eigenvalue weighted by Gasteiger charge is 2.32. The van der Waals surface area contributed by atoms with E-state index in [1.165, 1.54) is 25.7 Å². The second kappa shape index (κ2) is 4.92. The van der Waals surface area contributed by atoms with Gasteiger partial charge in [0.2, 0.25) is 5.95 Å². The molecule has 6 heteroatoms. The van der Waals surface area contributed by atoms with Gasteiger partial charge in [-0.3, -0.25) is 0 Å². The van der Waals surface area contributed by atoms with Gasteiger partial charge in [-0.1, -0.05) is 26.7 Å². The van der Waals surface area contributed by atoms with Gasteiger partial charge in [0.15, 0.2) is 11.5 Å². The molecule has 20 heavy (non-hydrogen) atoms. The Morgan fingerprint density at radius 3 is 2.60 bits per heavy atom. The summed E-state index contributed by atoms with van der Waals surface area (Å²) in [6.45, 7) is 6.64. The fraction of sp³-hybridized carbons (Fsp3) is 0.643. The predicted octanol–water partition coefficient (Wildman–Crippen LogP) is 2.34. The summed E-state index contributed by atoms with van der Waals surface area (Å²) in [5.74, 6) is 1.19. The van der Waals surface area contributed by atoms with Gasteiger partial charge in [-0.05, 0) is 18.3 Å². The van der Waals surface area contributed by atoms with Crippen molar-refractivity contribution in [2.75, 3.05) is 23.7 Å². The molecule has 0 unspecified atom stereocenters. The molecular formula is C14H22N6. The third kappa shape index (κ3) is 2.09. The van der Waals surface area contributed by atoms with Gasteiger partial charge in [-0.15, -0.1) is 0 Å². The summed E-state index contributed by atoms with van der Waals surface area (Å²) >= 11 is 0. The number of fused-ring (bicyclic) bond motifs is 1. The van der Waals surface area contributed by atoms with Crippen molar-refractivity contribution in [1.82, 2.24) is 19.9 Å². The molecule has 108 valence electrons. The van der Waals surface area contributed by atoms with E-state index < -0.39 is 0 Å². The number of aromatic amines is 1. The first-order valence-corrected chi connectivity index (χ1v) is 7.39. The molecule has 0 atom stereocenters. The number of anilines is 2. The van der Waals surface area contributed by atoms with Crippen LogP contribution in [-0.4, -0.2) is 33.0 Å². The number of imidazole rings is 1. The summed E-state index contributed by atoms with van der Waals surface area (Å²) in [5, 5.41) is 0. The Labute approximate surface area is 118 Å². The molecule has 6 nitrogen and oxygen atoms in total. The van der Waals surface area contributed by atoms with E-state index in [1.54, 1.807) is 6.33 Å². The summed E-state index contributed by atoms with van der Waals surface area (Å²) < 4.78 is 0. The summed E-state index contributed by atoms with van der Waals surface area (Å²) in [6, 6.07) is 0. The van der Waals surface area contributed by atoms with E-state index in [-0.39, 0.29) is 0 Å². The number of hydrogen-bond donors (Lipinski definition) is 2. The van der Waals surface area contributed by atoms with Crippen LogP contribution in [0, 0.1) is 5.41 Å². The molecule has 2 aromatic heterocycles. The lowest BCUT2D eigenvalue weighted by Crippen LogP contribution is -2.40. The van der Waals surface area contributed by atoms with Crippen LogP contribution in [-0.2, 0) is 0 Å². The van der Waals surface area contributed by atoms with Gasteiger partial charge in [0.25, 0.3) is 0 Å². The highest BCUT2D eigenvalue weighted by Crippen LogP contribution is 2.39. The van der Waals surface area contributed by atoms with Crippen LogP contribution in [0.2, 0.25) is 0 Å². The third-order valence-corrected chi connectivity index (χ3v) is 4.91. The first-order chi connectivity index (χ1) is 9.67. The number of nitrogens with one attached hydrogen (secondary N) is 1. The SMILES string of the molecule is CCC1(CC)CCN(c2nc(N)nc3nc[nH]c23)CC1. The number of nitrogens with zero attached hydrogens (tertiary/aromatic N) is 4. The topological polar surface area (TPSA) is 83.7 Å². The van der Waals surface area contributed by atoms with Gasteiger partial charge in [0, 0.05) is 13.1 Å². The zero-order valence-electron chi connectivity index (χ0n) is 12.2. The van der Waals surface area contributed by atoms with Crippen molar-refractivity contribution >= 4 is 22.9 Å². The summed E-state index contributed by atoms with van der Waals surface area (Å²) in [7, 11) is 0. The van der Waals surface area contributed by atoms with Crippen molar-refractivity contribution in [1.29, 1.82) is 0 Å². The average Bonchev–Trinajstić information content (AvgIpc) is 2.94. The van der Waals surface area contributed by atoms with E-state index >= 15 is 0 Å². The van der Waals surface area contributed by atoms with Crippen LogP contribution in [0.1, 0.15) is 39.5 Å². The van der Waals surface area contributed by atoms with Gasteiger partial charge in [-0.25, -0.2) is 4.98 Å². The van der Waals surface area contributed by atoms with Gasteiger partial charge >= 0.3 is 0 Å². The maximum Gasteiger partial charge on any atom is 0.224 e. The summed E-state index contributed by atoms with van der Waals surface area (Å²) in [6.07, 6.45) is 6.57. The number of nitrogen functional groups attached to an aromatic ring is 1. The maximum atomic E-state index is 5.79. The molecule has 0 saturated carbocycles. The smallest absolute Gasteiger partial charge is 0.224 e. The minimum atomic E-state index is 0.294. The Hall–Kier alpha value is -1.85. The molecule has 0 aliphatic carbocycles. The Kier molecular flexibility index (Phi) is 3.23. The zero-order valence-corrected chi connectivity index (χ0v) is 12.2. The van der Waals surface area contributed by atoms with Crippen LogP contribution in [0.4, 0.5) is 11.8 Å². The van der Waals surface area contributed by atoms with Crippen molar-refractivity contribution in [2.45, 2.75) is 39.5 Å². The molecule has 0 amide bonds. The fourth-order valence-electron chi connectivity index (χ4n) is 3.21. The summed E-state index contributed by atoms with van der Waals surface area (Å²) in [5.41, 5.74) is 7.83. The van der Waals surface area contributed by atoms with Crippen LogP contribution in [0.25, 0.3) is 11.2 Å². The van der Waals surface area contributed by atoms with E-state index in [0.717, 1.165) is 24.4 Å². The van der Waals surface area contributed by atoms with Crippen LogP contribution in [0.3, 0.4) is 0 Å². The number of rotatable bonds is 3. The number of H-pyrrole nitrogens is 1. The molecule has 0 aromatic carbocycles. The van der Waals surface area contributed by atoms with Crippen LogP contribution >= 0.6 is 0 Å². The van der Waals surface area contributed by atoms with Gasteiger partial charge in [0.05, 0.1) is 6.33 Å². The van der Waals surface area contributed by atoms with E-state index in [1.807, 2.05) is 0 Å². The standard InChI is InChI=1S/C14H22N6/c1-3-14(4-2)5-7-20(8-6-14)12-10-11(17-9-16-10)18-13(15)19-12/h9H,3-8H2,1-2H3,(H3,15,16,17,18,19). The molecule has 3 N–H and O–H groups in total. The molecule has 0 spiro atoms. The number of hydrogen-bond acceptors (Lipinski definition) is 5. The fourth-order valence-corrected chi connectivity index (χ4v) is 3.21. The van der Waals surface area contributed by atoms with Crippen molar-refractivity contribution in [3.63, 3.8) is 0 Å². The minimum Gasteiger partial charge on any atom is -0.368 e. The lowest BCUT2D eigenvalue weighted by Gasteiger charge is -2.41. The molecule has 0 bridgehead atoms. The zero-order chi connectivity index (χ0) is 14.2. The van der Waals surface area contributed by atoms with Crippen molar-refractivity contribution in [3.8, 4) is 0 Å². The van der Waals surface area contributed by atoms with E-state index in [9.17, 15) is 0 Å². The Morgan fingerprint density at radius 2 is 1.95 bits per heavy atom. The maximum absolute atomic E-state index is 5.79. The van der Waals surface area contributed by atoms with Crippen molar-refractivity contribution in [2.24, 2.45) is 5.41 Å². The molecule has 1 aliphatic rings. The Bertz CT molecular complexity index is 591. The second-order valence-corrected chi connectivity index (χ2v) is 5.70. The molecule has 2 aromatic rings. The van der Waals surface area contributed by atoms with Gasteiger partial charge < -0.3 is 15.6 Å². The second-order valence-electron chi connectivity index (χ2n) is 5.70. The highest BCUT2D eigenvalue weighted by atomic mass is 15.2. The normalized spacial score (nSPS) is 18.6. The average molecular weight is 274 g/mol. The molecule has 3 rings (SSSR count). The van der Waals surface area contributed by atoms with E-state index in [4.69, 9.17) is 5.73 Å². The monoisotopic (exact) mass is 274 g/mol. The highest BCUT2D eigenvalue weighted by molar-refractivity contribution is 5.84. The minimum absolute atomic E-state index is 0.294. The quantitative estimate of drug-likeness (QED) is 0.897. The van der Waals surface area contributed by atoms with Crippen LogP contribution in [0.15, 0.2) is 6.33 Å². The van der Waals surface area contributed by atoms with Crippen LogP contribution < -0.4 is 10.6 Å². The molecule has 0 radical (unpaired) electrons. The van der Waals surface area contributed by atoms with Gasteiger partial charge in [0.1, 0.15) is 5.52 Å². The molecule has 1 saturated heterocycles. The molecule has 3 heterocycles. The Balaban J connectivity index is 1.88. The molecule has 1 aliphatic heterocycles. The van der Waals surface area contributed by atoms with E-state index in [2.05, 4.69) is 38.7 Å².